The van der Waals surface area contributed by atoms with E-state index in [4.69, 9.17) is 0 Å². The van der Waals surface area contributed by atoms with Crippen molar-refractivity contribution >= 4 is 11.5 Å². The normalized spacial score (nSPS) is 10.6. The second kappa shape index (κ2) is 4.79. The van der Waals surface area contributed by atoms with Crippen LogP contribution < -0.4 is 5.32 Å². The van der Waals surface area contributed by atoms with Gasteiger partial charge in [0.25, 0.3) is 5.95 Å². The Hall–Kier alpha value is -2.25. The molecule has 2 aromatic rings. The molecule has 0 amide bonds. The van der Waals surface area contributed by atoms with E-state index in [2.05, 4.69) is 4.98 Å². The Morgan fingerprint density at radius 3 is 2.16 bits per heavy atom. The van der Waals surface area contributed by atoms with Gasteiger partial charge in [-0.25, -0.2) is 22.0 Å². The number of anilines is 2. The molecule has 1 heterocycles. The van der Waals surface area contributed by atoms with Crippen molar-refractivity contribution in [3.05, 3.63) is 53.2 Å². The van der Waals surface area contributed by atoms with Crippen LogP contribution in [0.4, 0.5) is 37.8 Å². The van der Waals surface area contributed by atoms with Crippen molar-refractivity contribution in [2.45, 2.75) is 0 Å². The van der Waals surface area contributed by atoms with E-state index < -0.39 is 46.5 Å². The lowest BCUT2D eigenvalue weighted by Gasteiger charge is -2.08. The van der Waals surface area contributed by atoms with Crippen molar-refractivity contribution in [2.75, 3.05) is 5.32 Å². The van der Waals surface area contributed by atoms with E-state index in [0.29, 0.717) is 6.07 Å². The summed E-state index contributed by atoms with van der Waals surface area (Å²) in [6, 6.07) is 1.52. The zero-order valence-corrected chi connectivity index (χ0v) is 8.95. The summed E-state index contributed by atoms with van der Waals surface area (Å²) in [5, 5.41) is 1.90. The van der Waals surface area contributed by atoms with Gasteiger partial charge < -0.3 is 5.32 Å². The predicted octanol–water partition coefficient (Wildman–Crippen LogP) is 3.66. The third-order valence-electron chi connectivity index (χ3n) is 2.17. The fourth-order valence-electron chi connectivity index (χ4n) is 1.28. The summed E-state index contributed by atoms with van der Waals surface area (Å²) in [6.07, 6.45) is 0. The van der Waals surface area contributed by atoms with E-state index in [9.17, 15) is 26.3 Å². The number of rotatable bonds is 2. The number of nitrogens with one attached hydrogen (secondary N) is 1. The highest BCUT2D eigenvalue weighted by Gasteiger charge is 2.17. The van der Waals surface area contributed by atoms with Gasteiger partial charge in [-0.3, -0.25) is 0 Å². The van der Waals surface area contributed by atoms with Crippen LogP contribution in [0.15, 0.2) is 18.2 Å². The third-order valence-corrected chi connectivity index (χ3v) is 2.17. The minimum absolute atomic E-state index is 0.183. The van der Waals surface area contributed by atoms with Crippen LogP contribution in [0.2, 0.25) is 0 Å². The fourth-order valence-corrected chi connectivity index (χ4v) is 1.28. The summed E-state index contributed by atoms with van der Waals surface area (Å²) in [4.78, 5) is 2.85. The standard InChI is InChI=1S/C11H4F6N2/c12-4-1-2-7(9(16)8(4)15)18-11-6(14)3-5(13)10(17)19-11/h1-3H,(H,18,19). The summed E-state index contributed by atoms with van der Waals surface area (Å²) in [5.41, 5.74) is -0.670. The molecule has 0 spiro atoms. The second-order valence-corrected chi connectivity index (χ2v) is 3.44. The van der Waals surface area contributed by atoms with E-state index in [1.54, 1.807) is 0 Å². The van der Waals surface area contributed by atoms with Crippen molar-refractivity contribution in [1.29, 1.82) is 0 Å². The van der Waals surface area contributed by atoms with Gasteiger partial charge in [0.2, 0.25) is 0 Å². The molecule has 2 nitrogen and oxygen atoms in total. The van der Waals surface area contributed by atoms with E-state index >= 15 is 0 Å². The van der Waals surface area contributed by atoms with Crippen LogP contribution in [0.3, 0.4) is 0 Å². The Morgan fingerprint density at radius 1 is 0.789 bits per heavy atom. The number of pyridine rings is 1. The highest BCUT2D eigenvalue weighted by atomic mass is 19.2. The van der Waals surface area contributed by atoms with Crippen molar-refractivity contribution in [2.24, 2.45) is 0 Å². The van der Waals surface area contributed by atoms with Gasteiger partial charge in [-0.2, -0.15) is 9.37 Å². The van der Waals surface area contributed by atoms with Gasteiger partial charge in [0.15, 0.2) is 34.9 Å². The van der Waals surface area contributed by atoms with Crippen molar-refractivity contribution in [3.8, 4) is 0 Å². The molecule has 2 rings (SSSR count). The van der Waals surface area contributed by atoms with Crippen molar-refractivity contribution in [1.82, 2.24) is 4.98 Å². The number of hydrogen-bond acceptors (Lipinski definition) is 2. The second-order valence-electron chi connectivity index (χ2n) is 3.44. The first kappa shape index (κ1) is 13.2. The highest BCUT2D eigenvalue weighted by Crippen LogP contribution is 2.24. The fraction of sp³-hybridized carbons (Fsp3) is 0. The maximum Gasteiger partial charge on any atom is 0.251 e. The zero-order valence-electron chi connectivity index (χ0n) is 8.95. The molecule has 8 heteroatoms. The Bertz CT molecular complexity index is 644. The smallest absolute Gasteiger partial charge is 0.251 e. The molecule has 0 radical (unpaired) electrons. The van der Waals surface area contributed by atoms with E-state index in [-0.39, 0.29) is 6.07 Å². The molecule has 1 aromatic heterocycles. The number of aromatic nitrogens is 1. The summed E-state index contributed by atoms with van der Waals surface area (Å²) >= 11 is 0. The minimum Gasteiger partial charge on any atom is -0.335 e. The molecule has 0 bridgehead atoms. The molecule has 0 aliphatic heterocycles. The highest BCUT2D eigenvalue weighted by molar-refractivity contribution is 5.57. The van der Waals surface area contributed by atoms with Gasteiger partial charge in [0.05, 0.1) is 5.69 Å². The third kappa shape index (κ3) is 2.47. The first-order chi connectivity index (χ1) is 8.90. The maximum atomic E-state index is 13.3. The van der Waals surface area contributed by atoms with Crippen LogP contribution in [-0.2, 0) is 0 Å². The van der Waals surface area contributed by atoms with Crippen LogP contribution in [0.1, 0.15) is 0 Å². The minimum atomic E-state index is -1.78. The molecular formula is C11H4F6N2. The first-order valence-electron chi connectivity index (χ1n) is 4.82. The van der Waals surface area contributed by atoms with Crippen LogP contribution in [0, 0.1) is 35.0 Å². The van der Waals surface area contributed by atoms with Gasteiger partial charge in [0, 0.05) is 6.07 Å². The van der Waals surface area contributed by atoms with Crippen molar-refractivity contribution < 1.29 is 26.3 Å². The lowest BCUT2D eigenvalue weighted by atomic mass is 10.2. The van der Waals surface area contributed by atoms with Crippen molar-refractivity contribution in [3.63, 3.8) is 0 Å². The quantitative estimate of drug-likeness (QED) is 0.515. The number of halogens is 6. The molecule has 0 fully saturated rings. The van der Waals surface area contributed by atoms with Gasteiger partial charge in [-0.15, -0.1) is 0 Å². The van der Waals surface area contributed by atoms with Gasteiger partial charge >= 0.3 is 0 Å². The van der Waals surface area contributed by atoms with Crippen LogP contribution in [0.25, 0.3) is 0 Å². The monoisotopic (exact) mass is 278 g/mol. The Morgan fingerprint density at radius 2 is 1.47 bits per heavy atom. The molecule has 0 saturated heterocycles. The lowest BCUT2D eigenvalue weighted by Crippen LogP contribution is -2.04. The lowest BCUT2D eigenvalue weighted by molar-refractivity contribution is 0.449. The number of hydrogen-bond donors (Lipinski definition) is 1. The summed E-state index contributed by atoms with van der Waals surface area (Å²) in [6.45, 7) is 0. The SMILES string of the molecule is Fc1cc(F)c(Nc2ccc(F)c(F)c2F)nc1F. The Kier molecular flexibility index (Phi) is 3.32. The molecule has 0 aliphatic carbocycles. The maximum absolute atomic E-state index is 13.3. The molecule has 0 aliphatic rings. The molecule has 0 atom stereocenters. The predicted molar refractivity (Wildman–Crippen MR) is 53.7 cm³/mol. The zero-order chi connectivity index (χ0) is 14.2. The van der Waals surface area contributed by atoms with E-state index in [0.717, 1.165) is 6.07 Å². The Labute approximate surface area is 102 Å². The first-order valence-corrected chi connectivity index (χ1v) is 4.82. The molecule has 100 valence electrons. The molecule has 19 heavy (non-hydrogen) atoms. The topological polar surface area (TPSA) is 24.9 Å². The Balaban J connectivity index is 2.42. The van der Waals surface area contributed by atoms with E-state index in [1.165, 1.54) is 0 Å². The van der Waals surface area contributed by atoms with Gasteiger partial charge in [-0.1, -0.05) is 0 Å². The number of nitrogens with zero attached hydrogens (tertiary/aromatic N) is 1. The average Bonchev–Trinajstić information content (AvgIpc) is 2.36. The van der Waals surface area contributed by atoms with Crippen LogP contribution in [0.5, 0.6) is 0 Å². The summed E-state index contributed by atoms with van der Waals surface area (Å²) in [7, 11) is 0. The molecule has 0 unspecified atom stereocenters. The van der Waals surface area contributed by atoms with Crippen LogP contribution >= 0.6 is 0 Å². The largest absolute Gasteiger partial charge is 0.335 e. The number of benzene rings is 1. The molecule has 1 aromatic carbocycles. The van der Waals surface area contributed by atoms with Gasteiger partial charge in [-0.05, 0) is 12.1 Å². The average molecular weight is 278 g/mol. The molecule has 1 N–H and O–H groups in total. The van der Waals surface area contributed by atoms with Gasteiger partial charge in [0.1, 0.15) is 0 Å². The molecular weight excluding hydrogens is 274 g/mol. The summed E-state index contributed by atoms with van der Waals surface area (Å²) < 4.78 is 77.4. The summed E-state index contributed by atoms with van der Waals surface area (Å²) in [5.74, 6) is -10.2. The van der Waals surface area contributed by atoms with E-state index in [1.807, 2.05) is 5.32 Å². The molecule has 0 saturated carbocycles. The van der Waals surface area contributed by atoms with Crippen LogP contribution in [-0.4, -0.2) is 4.98 Å².